The van der Waals surface area contributed by atoms with Gasteiger partial charge in [0.25, 0.3) is 0 Å². The monoisotopic (exact) mass is 283 g/mol. The molecule has 0 aromatic carbocycles. The fourth-order valence-corrected chi connectivity index (χ4v) is 2.01. The van der Waals surface area contributed by atoms with E-state index in [4.69, 9.17) is 5.11 Å². The van der Waals surface area contributed by atoms with Gasteiger partial charge in [0.2, 0.25) is 0 Å². The fourth-order valence-electron chi connectivity index (χ4n) is 2.01. The summed E-state index contributed by atoms with van der Waals surface area (Å²) in [6, 6.07) is -0.249. The zero-order chi connectivity index (χ0) is 14.8. The van der Waals surface area contributed by atoms with Gasteiger partial charge in [0.05, 0.1) is 24.9 Å². The van der Waals surface area contributed by atoms with Crippen molar-refractivity contribution in [2.75, 3.05) is 19.6 Å². The third kappa shape index (κ3) is 3.44. The van der Waals surface area contributed by atoms with E-state index in [9.17, 15) is 14.7 Å². The van der Waals surface area contributed by atoms with Crippen LogP contribution in [0.5, 0.6) is 0 Å². The van der Waals surface area contributed by atoms with E-state index in [-0.39, 0.29) is 11.7 Å². The average Bonchev–Trinajstić information content (AvgIpc) is 2.95. The molecule has 0 radical (unpaired) electrons. The van der Waals surface area contributed by atoms with E-state index in [1.807, 2.05) is 0 Å². The second kappa shape index (κ2) is 5.45. The number of likely N-dealkylation sites (tertiary alicyclic amines) is 1. The lowest BCUT2D eigenvalue weighted by atomic mass is 10.1. The summed E-state index contributed by atoms with van der Waals surface area (Å²) in [5.74, 6) is -1.14. The zero-order valence-corrected chi connectivity index (χ0v) is 11.1. The molecular weight excluding hydrogens is 266 g/mol. The minimum atomic E-state index is -1.14. The summed E-state index contributed by atoms with van der Waals surface area (Å²) in [6.45, 7) is 3.16. The molecule has 2 amide bonds. The molecule has 9 nitrogen and oxygen atoms in total. The Labute approximate surface area is 115 Å². The van der Waals surface area contributed by atoms with Crippen LogP contribution in [0.3, 0.4) is 0 Å². The lowest BCUT2D eigenvalue weighted by Gasteiger charge is -2.19. The van der Waals surface area contributed by atoms with Crippen LogP contribution in [0.4, 0.5) is 4.79 Å². The third-order valence-corrected chi connectivity index (χ3v) is 3.11. The SMILES string of the molecule is CC1(O)CCN(C(=O)NCCn2cc(C(=O)O)nn2)C1. The second-order valence-corrected chi connectivity index (χ2v) is 5.07. The first-order valence-electron chi connectivity index (χ1n) is 6.26. The number of urea groups is 1. The fraction of sp³-hybridized carbons (Fsp3) is 0.636. The molecule has 1 aromatic rings. The van der Waals surface area contributed by atoms with Gasteiger partial charge in [0.1, 0.15) is 0 Å². The molecule has 2 rings (SSSR count). The van der Waals surface area contributed by atoms with Crippen LogP contribution < -0.4 is 5.32 Å². The summed E-state index contributed by atoms with van der Waals surface area (Å²) in [5, 5.41) is 28.3. The van der Waals surface area contributed by atoms with E-state index in [1.54, 1.807) is 11.8 Å². The maximum Gasteiger partial charge on any atom is 0.358 e. The summed E-state index contributed by atoms with van der Waals surface area (Å²) in [5.41, 5.74) is -0.952. The second-order valence-electron chi connectivity index (χ2n) is 5.07. The van der Waals surface area contributed by atoms with Gasteiger partial charge >= 0.3 is 12.0 Å². The Morgan fingerprint density at radius 1 is 1.55 bits per heavy atom. The molecule has 1 unspecified atom stereocenters. The van der Waals surface area contributed by atoms with Crippen LogP contribution >= 0.6 is 0 Å². The van der Waals surface area contributed by atoms with Crippen molar-refractivity contribution >= 4 is 12.0 Å². The van der Waals surface area contributed by atoms with E-state index in [0.717, 1.165) is 0 Å². The number of aliphatic hydroxyl groups is 1. The Kier molecular flexibility index (Phi) is 3.89. The highest BCUT2D eigenvalue weighted by Crippen LogP contribution is 2.19. The number of aromatic nitrogens is 3. The third-order valence-electron chi connectivity index (χ3n) is 3.11. The molecule has 1 aliphatic rings. The number of nitrogens with one attached hydrogen (secondary N) is 1. The Bertz CT molecular complexity index is 513. The van der Waals surface area contributed by atoms with Crippen molar-refractivity contribution in [1.29, 1.82) is 0 Å². The Hall–Kier alpha value is -2.16. The molecule has 110 valence electrons. The Balaban J connectivity index is 1.75. The van der Waals surface area contributed by atoms with E-state index < -0.39 is 11.6 Å². The first-order chi connectivity index (χ1) is 9.37. The summed E-state index contributed by atoms with van der Waals surface area (Å²) in [4.78, 5) is 24.0. The summed E-state index contributed by atoms with van der Waals surface area (Å²) in [6.07, 6.45) is 1.86. The number of hydrogen-bond acceptors (Lipinski definition) is 5. The van der Waals surface area contributed by atoms with E-state index in [2.05, 4.69) is 15.6 Å². The smallest absolute Gasteiger partial charge is 0.358 e. The van der Waals surface area contributed by atoms with Crippen molar-refractivity contribution in [3.63, 3.8) is 0 Å². The lowest BCUT2D eigenvalue weighted by molar-refractivity contribution is 0.0689. The maximum absolute atomic E-state index is 11.8. The summed E-state index contributed by atoms with van der Waals surface area (Å²) < 4.78 is 1.35. The number of amides is 2. The highest BCUT2D eigenvalue weighted by Gasteiger charge is 2.33. The molecule has 1 atom stereocenters. The Morgan fingerprint density at radius 2 is 2.30 bits per heavy atom. The molecule has 0 spiro atoms. The standard InChI is InChI=1S/C11H17N5O4/c1-11(20)2-4-15(7-11)10(19)12-3-5-16-6-8(9(17)18)13-14-16/h6,20H,2-5,7H2,1H3,(H,12,19)(H,17,18). The number of rotatable bonds is 4. The molecule has 0 aliphatic carbocycles. The molecule has 1 aliphatic heterocycles. The number of nitrogens with zero attached hydrogens (tertiary/aromatic N) is 4. The van der Waals surface area contributed by atoms with Crippen LogP contribution in [0.2, 0.25) is 0 Å². The molecule has 0 saturated carbocycles. The van der Waals surface area contributed by atoms with E-state index in [1.165, 1.54) is 10.9 Å². The van der Waals surface area contributed by atoms with Gasteiger partial charge < -0.3 is 20.4 Å². The number of carbonyl (C=O) groups excluding carboxylic acids is 1. The van der Waals surface area contributed by atoms with Gasteiger partial charge in [0, 0.05) is 13.1 Å². The highest BCUT2D eigenvalue weighted by molar-refractivity contribution is 5.84. The topological polar surface area (TPSA) is 121 Å². The van der Waals surface area contributed by atoms with Gasteiger partial charge in [-0.25, -0.2) is 14.3 Å². The maximum atomic E-state index is 11.8. The molecule has 2 heterocycles. The number of aromatic carboxylic acids is 1. The largest absolute Gasteiger partial charge is 0.476 e. The predicted octanol–water partition coefficient (Wildman–Crippen LogP) is -0.857. The van der Waals surface area contributed by atoms with Crippen molar-refractivity contribution in [3.05, 3.63) is 11.9 Å². The molecule has 20 heavy (non-hydrogen) atoms. The molecular formula is C11H17N5O4. The van der Waals surface area contributed by atoms with Crippen LogP contribution in [0.25, 0.3) is 0 Å². The number of β-amino-alcohol motifs (C(OH)–C–C–N with tert-alkyl or cyclic N) is 1. The van der Waals surface area contributed by atoms with Crippen molar-refractivity contribution in [2.45, 2.75) is 25.5 Å². The van der Waals surface area contributed by atoms with Crippen molar-refractivity contribution in [2.24, 2.45) is 0 Å². The first kappa shape index (κ1) is 14.3. The molecule has 1 aromatic heterocycles. The van der Waals surface area contributed by atoms with Gasteiger partial charge in [-0.05, 0) is 13.3 Å². The van der Waals surface area contributed by atoms with Crippen LogP contribution in [0.1, 0.15) is 23.8 Å². The van der Waals surface area contributed by atoms with Crippen LogP contribution in [-0.2, 0) is 6.54 Å². The molecule has 1 saturated heterocycles. The van der Waals surface area contributed by atoms with E-state index in [0.29, 0.717) is 32.6 Å². The lowest BCUT2D eigenvalue weighted by Crippen LogP contribution is -2.41. The normalized spacial score (nSPS) is 22.0. The van der Waals surface area contributed by atoms with Crippen LogP contribution in [-0.4, -0.2) is 67.3 Å². The van der Waals surface area contributed by atoms with Gasteiger partial charge in [0.15, 0.2) is 5.69 Å². The van der Waals surface area contributed by atoms with Gasteiger partial charge in [-0.15, -0.1) is 5.10 Å². The molecule has 9 heteroatoms. The van der Waals surface area contributed by atoms with E-state index >= 15 is 0 Å². The summed E-state index contributed by atoms with van der Waals surface area (Å²) >= 11 is 0. The van der Waals surface area contributed by atoms with Crippen molar-refractivity contribution < 1.29 is 19.8 Å². The van der Waals surface area contributed by atoms with Crippen LogP contribution in [0.15, 0.2) is 6.20 Å². The van der Waals surface area contributed by atoms with Crippen molar-refractivity contribution in [3.8, 4) is 0 Å². The number of hydrogen-bond donors (Lipinski definition) is 3. The van der Waals surface area contributed by atoms with Gasteiger partial charge in [-0.3, -0.25) is 0 Å². The zero-order valence-electron chi connectivity index (χ0n) is 11.1. The predicted molar refractivity (Wildman–Crippen MR) is 67.2 cm³/mol. The van der Waals surface area contributed by atoms with Gasteiger partial charge in [-0.1, -0.05) is 5.21 Å². The number of carboxylic acids is 1. The van der Waals surface area contributed by atoms with Crippen LogP contribution in [0, 0.1) is 0 Å². The Morgan fingerprint density at radius 3 is 2.85 bits per heavy atom. The number of carboxylic acid groups (broad SMARTS) is 1. The highest BCUT2D eigenvalue weighted by atomic mass is 16.4. The van der Waals surface area contributed by atoms with Crippen molar-refractivity contribution in [1.82, 2.24) is 25.2 Å². The number of carbonyl (C=O) groups is 2. The molecule has 0 bridgehead atoms. The average molecular weight is 283 g/mol. The summed E-state index contributed by atoms with van der Waals surface area (Å²) in [7, 11) is 0. The molecule has 3 N–H and O–H groups in total. The minimum absolute atomic E-state index is 0.132. The first-order valence-corrected chi connectivity index (χ1v) is 6.26. The molecule has 1 fully saturated rings. The quantitative estimate of drug-likeness (QED) is 0.661. The van der Waals surface area contributed by atoms with Gasteiger partial charge in [-0.2, -0.15) is 0 Å². The minimum Gasteiger partial charge on any atom is -0.476 e.